The summed E-state index contributed by atoms with van der Waals surface area (Å²) in [5.74, 6) is 0. The van der Waals surface area contributed by atoms with Crippen molar-refractivity contribution in [1.29, 1.82) is 0 Å². The molecule has 0 bridgehead atoms. The number of aromatic nitrogens is 2. The zero-order valence-corrected chi connectivity index (χ0v) is 10.8. The van der Waals surface area contributed by atoms with Crippen molar-refractivity contribution in [2.75, 3.05) is 17.7 Å². The van der Waals surface area contributed by atoms with Gasteiger partial charge in [0.1, 0.15) is 6.73 Å². The van der Waals surface area contributed by atoms with Crippen LogP contribution in [0, 0.1) is 0 Å². The number of hydrogen-bond donors (Lipinski definition) is 2. The molecule has 1 heterocycles. The molecule has 0 amide bonds. The minimum absolute atomic E-state index is 0.417. The third-order valence-corrected chi connectivity index (χ3v) is 2.39. The lowest BCUT2D eigenvalue weighted by atomic mass is 10.3. The molecule has 1 aromatic heterocycles. The van der Waals surface area contributed by atoms with Gasteiger partial charge in [-0.15, -0.1) is 0 Å². The molecular formula is C12H14N4OS. The highest BCUT2D eigenvalue weighted by atomic mass is 32.1. The monoisotopic (exact) mass is 262 g/mol. The molecule has 0 spiro atoms. The summed E-state index contributed by atoms with van der Waals surface area (Å²) in [6, 6.07) is 9.74. The highest BCUT2D eigenvalue weighted by Gasteiger charge is 2.01. The number of hydrogen-bond acceptors (Lipinski definition) is 3. The average Bonchev–Trinajstić information content (AvgIpc) is 2.78. The number of ether oxygens (including phenoxy) is 1. The molecule has 2 N–H and O–H groups in total. The maximum absolute atomic E-state index is 5.20. The Hall–Kier alpha value is -1.92. The molecule has 0 atom stereocenters. The fourth-order valence-electron chi connectivity index (χ4n) is 1.45. The van der Waals surface area contributed by atoms with E-state index in [0.717, 1.165) is 11.4 Å². The zero-order valence-electron chi connectivity index (χ0n) is 9.96. The van der Waals surface area contributed by atoms with Crippen molar-refractivity contribution in [1.82, 2.24) is 9.78 Å². The minimum atomic E-state index is 0.417. The van der Waals surface area contributed by atoms with E-state index in [2.05, 4.69) is 15.7 Å². The fourth-order valence-corrected chi connectivity index (χ4v) is 1.68. The van der Waals surface area contributed by atoms with Crippen LogP contribution in [0.5, 0.6) is 0 Å². The summed E-state index contributed by atoms with van der Waals surface area (Å²) in [5.41, 5.74) is 1.76. The van der Waals surface area contributed by atoms with Gasteiger partial charge in [-0.25, -0.2) is 4.68 Å². The van der Waals surface area contributed by atoms with Crippen molar-refractivity contribution in [2.24, 2.45) is 0 Å². The first-order valence-electron chi connectivity index (χ1n) is 5.42. The van der Waals surface area contributed by atoms with Crippen molar-refractivity contribution in [2.45, 2.75) is 6.73 Å². The van der Waals surface area contributed by atoms with E-state index >= 15 is 0 Å². The first kappa shape index (κ1) is 12.5. The van der Waals surface area contributed by atoms with Crippen LogP contribution in [0.2, 0.25) is 0 Å². The standard InChI is InChI=1S/C12H14N4OS/c1-17-9-16-8-11(7-13-16)15-12(18)14-10-5-3-2-4-6-10/h2-8H,9H2,1H3,(H2,14,15,18). The number of methoxy groups -OCH3 is 1. The van der Waals surface area contributed by atoms with E-state index < -0.39 is 0 Å². The normalized spacial score (nSPS) is 10.1. The van der Waals surface area contributed by atoms with Gasteiger partial charge in [0, 0.05) is 12.8 Å². The van der Waals surface area contributed by atoms with Crippen molar-refractivity contribution in [3.8, 4) is 0 Å². The van der Waals surface area contributed by atoms with E-state index in [9.17, 15) is 0 Å². The minimum Gasteiger partial charge on any atom is -0.362 e. The molecule has 0 radical (unpaired) electrons. The number of anilines is 2. The van der Waals surface area contributed by atoms with E-state index in [0.29, 0.717) is 11.8 Å². The maximum atomic E-state index is 5.20. The predicted octanol–water partition coefficient (Wildman–Crippen LogP) is 2.30. The van der Waals surface area contributed by atoms with Crippen LogP contribution in [-0.2, 0) is 11.5 Å². The number of nitrogens with zero attached hydrogens (tertiary/aromatic N) is 2. The number of benzene rings is 1. The molecule has 0 fully saturated rings. The van der Waals surface area contributed by atoms with E-state index in [4.69, 9.17) is 17.0 Å². The Balaban J connectivity index is 1.90. The lowest BCUT2D eigenvalue weighted by Gasteiger charge is -2.08. The highest BCUT2D eigenvalue weighted by Crippen LogP contribution is 2.08. The molecule has 2 rings (SSSR count). The van der Waals surface area contributed by atoms with Crippen molar-refractivity contribution < 1.29 is 4.74 Å². The first-order valence-corrected chi connectivity index (χ1v) is 5.83. The summed E-state index contributed by atoms with van der Waals surface area (Å²) >= 11 is 5.20. The number of thiocarbonyl (C=S) groups is 1. The van der Waals surface area contributed by atoms with Crippen LogP contribution in [0.15, 0.2) is 42.7 Å². The third-order valence-electron chi connectivity index (χ3n) is 2.18. The molecule has 0 saturated carbocycles. The van der Waals surface area contributed by atoms with Crippen molar-refractivity contribution in [3.63, 3.8) is 0 Å². The lowest BCUT2D eigenvalue weighted by Crippen LogP contribution is -2.18. The van der Waals surface area contributed by atoms with Gasteiger partial charge in [-0.2, -0.15) is 5.10 Å². The average molecular weight is 262 g/mol. The largest absolute Gasteiger partial charge is 0.362 e. The van der Waals surface area contributed by atoms with Gasteiger partial charge < -0.3 is 15.4 Å². The topological polar surface area (TPSA) is 51.1 Å². The summed E-state index contributed by atoms with van der Waals surface area (Å²) in [7, 11) is 1.62. The molecule has 18 heavy (non-hydrogen) atoms. The Bertz CT molecular complexity index is 512. The van der Waals surface area contributed by atoms with Crippen LogP contribution in [0.25, 0.3) is 0 Å². The van der Waals surface area contributed by atoms with Crippen LogP contribution in [-0.4, -0.2) is 22.0 Å². The second-order valence-electron chi connectivity index (χ2n) is 3.63. The Morgan fingerprint density at radius 1 is 1.28 bits per heavy atom. The molecule has 6 heteroatoms. The van der Waals surface area contributed by atoms with Crippen molar-refractivity contribution >= 4 is 28.7 Å². The van der Waals surface area contributed by atoms with E-state index in [-0.39, 0.29) is 0 Å². The summed E-state index contributed by atoms with van der Waals surface area (Å²) in [6.07, 6.45) is 3.51. The maximum Gasteiger partial charge on any atom is 0.175 e. The second-order valence-corrected chi connectivity index (χ2v) is 4.04. The number of nitrogens with one attached hydrogen (secondary N) is 2. The van der Waals surface area contributed by atoms with Crippen molar-refractivity contribution in [3.05, 3.63) is 42.7 Å². The fraction of sp³-hybridized carbons (Fsp3) is 0.167. The van der Waals surface area contributed by atoms with Gasteiger partial charge in [0.15, 0.2) is 5.11 Å². The molecule has 0 aliphatic rings. The van der Waals surface area contributed by atoms with Gasteiger partial charge in [-0.1, -0.05) is 18.2 Å². The summed E-state index contributed by atoms with van der Waals surface area (Å²) in [5, 5.41) is 10.8. The zero-order chi connectivity index (χ0) is 12.8. The Kier molecular flexibility index (Phi) is 4.27. The summed E-state index contributed by atoms with van der Waals surface area (Å²) in [6.45, 7) is 0.417. The molecular weight excluding hydrogens is 248 g/mol. The van der Waals surface area contributed by atoms with Gasteiger partial charge >= 0.3 is 0 Å². The SMILES string of the molecule is COCn1cc(NC(=S)Nc2ccccc2)cn1. The Labute approximate surface area is 111 Å². The Morgan fingerprint density at radius 2 is 2.00 bits per heavy atom. The van der Waals surface area contributed by atoms with Crippen LogP contribution in [0.4, 0.5) is 11.4 Å². The molecule has 0 aliphatic heterocycles. The second kappa shape index (κ2) is 6.13. The molecule has 2 aromatic rings. The summed E-state index contributed by atoms with van der Waals surface area (Å²) < 4.78 is 6.64. The van der Waals surface area contributed by atoms with Gasteiger partial charge in [-0.3, -0.25) is 0 Å². The summed E-state index contributed by atoms with van der Waals surface area (Å²) in [4.78, 5) is 0. The van der Waals surface area contributed by atoms with Crippen LogP contribution in [0.1, 0.15) is 0 Å². The molecule has 5 nitrogen and oxygen atoms in total. The molecule has 0 unspecified atom stereocenters. The van der Waals surface area contributed by atoms with Crippen LogP contribution in [0.3, 0.4) is 0 Å². The van der Waals surface area contributed by atoms with Crippen LogP contribution < -0.4 is 10.6 Å². The predicted molar refractivity (Wildman–Crippen MR) is 75.5 cm³/mol. The highest BCUT2D eigenvalue weighted by molar-refractivity contribution is 7.80. The molecule has 0 saturated heterocycles. The van der Waals surface area contributed by atoms with Gasteiger partial charge in [0.05, 0.1) is 18.1 Å². The van der Waals surface area contributed by atoms with E-state index in [1.54, 1.807) is 18.0 Å². The number of rotatable bonds is 4. The first-order chi connectivity index (χ1) is 8.78. The smallest absolute Gasteiger partial charge is 0.175 e. The number of para-hydroxylation sites is 1. The van der Waals surface area contributed by atoms with E-state index in [1.807, 2.05) is 36.5 Å². The van der Waals surface area contributed by atoms with Crippen LogP contribution >= 0.6 is 12.2 Å². The molecule has 0 aliphatic carbocycles. The molecule has 94 valence electrons. The third kappa shape index (κ3) is 3.54. The van der Waals surface area contributed by atoms with Gasteiger partial charge in [-0.05, 0) is 24.4 Å². The lowest BCUT2D eigenvalue weighted by molar-refractivity contribution is 0.120. The quantitative estimate of drug-likeness (QED) is 0.828. The van der Waals surface area contributed by atoms with Gasteiger partial charge in [0.25, 0.3) is 0 Å². The van der Waals surface area contributed by atoms with E-state index in [1.165, 1.54) is 0 Å². The van der Waals surface area contributed by atoms with Gasteiger partial charge in [0.2, 0.25) is 0 Å². The Morgan fingerprint density at radius 3 is 2.72 bits per heavy atom. The molecule has 1 aromatic carbocycles.